The summed E-state index contributed by atoms with van der Waals surface area (Å²) in [4.78, 5) is 0. The van der Waals surface area contributed by atoms with Crippen molar-refractivity contribution >= 4 is 0 Å². The van der Waals surface area contributed by atoms with Crippen molar-refractivity contribution in [2.24, 2.45) is 5.73 Å². The third-order valence-electron chi connectivity index (χ3n) is 3.23. The molecule has 112 valence electrons. The Morgan fingerprint density at radius 2 is 1.81 bits per heavy atom. The van der Waals surface area contributed by atoms with Gasteiger partial charge in [0, 0.05) is 6.04 Å². The van der Waals surface area contributed by atoms with Crippen LogP contribution in [0.5, 0.6) is 5.75 Å². The fourth-order valence-corrected chi connectivity index (χ4v) is 2.20. The summed E-state index contributed by atoms with van der Waals surface area (Å²) in [6, 6.07) is 8.10. The van der Waals surface area contributed by atoms with Crippen molar-refractivity contribution < 1.29 is 17.9 Å². The van der Waals surface area contributed by atoms with Crippen LogP contribution in [0.25, 0.3) is 0 Å². The van der Waals surface area contributed by atoms with Gasteiger partial charge in [0.25, 0.3) is 0 Å². The maximum atomic E-state index is 13.6. The van der Waals surface area contributed by atoms with Gasteiger partial charge in [-0.3, -0.25) is 0 Å². The topological polar surface area (TPSA) is 35.2 Å². The first-order valence-corrected chi connectivity index (χ1v) is 6.52. The molecule has 0 heterocycles. The molecule has 0 amide bonds. The zero-order valence-corrected chi connectivity index (χ0v) is 11.6. The number of ether oxygens (including phenoxy) is 1. The van der Waals surface area contributed by atoms with Crippen molar-refractivity contribution in [2.75, 3.05) is 7.11 Å². The van der Waals surface area contributed by atoms with Crippen molar-refractivity contribution in [3.8, 4) is 5.75 Å². The Morgan fingerprint density at radius 1 is 1.05 bits per heavy atom. The Kier molecular flexibility index (Phi) is 4.85. The van der Waals surface area contributed by atoms with Gasteiger partial charge in [0.05, 0.1) is 7.11 Å². The Balaban J connectivity index is 2.06. The second-order valence-electron chi connectivity index (χ2n) is 4.85. The van der Waals surface area contributed by atoms with Crippen LogP contribution in [0.4, 0.5) is 13.2 Å². The van der Waals surface area contributed by atoms with Gasteiger partial charge in [-0.2, -0.15) is 0 Å². The monoisotopic (exact) mass is 295 g/mol. The SMILES string of the molecule is COc1ccc(CC(N)Cc2cccc(F)c2F)cc1F. The van der Waals surface area contributed by atoms with Crippen LogP contribution in [0.2, 0.25) is 0 Å². The van der Waals surface area contributed by atoms with E-state index < -0.39 is 23.5 Å². The molecule has 2 rings (SSSR count). The molecule has 2 aromatic rings. The number of hydrogen-bond donors (Lipinski definition) is 1. The van der Waals surface area contributed by atoms with Crippen molar-refractivity contribution in [3.63, 3.8) is 0 Å². The first-order chi connectivity index (χ1) is 10.0. The highest BCUT2D eigenvalue weighted by Crippen LogP contribution is 2.19. The second kappa shape index (κ2) is 6.63. The third-order valence-corrected chi connectivity index (χ3v) is 3.23. The lowest BCUT2D eigenvalue weighted by Gasteiger charge is -2.13. The van der Waals surface area contributed by atoms with Crippen LogP contribution in [0.3, 0.4) is 0 Å². The molecule has 21 heavy (non-hydrogen) atoms. The van der Waals surface area contributed by atoms with Crippen LogP contribution in [-0.4, -0.2) is 13.2 Å². The van der Waals surface area contributed by atoms with E-state index in [9.17, 15) is 13.2 Å². The van der Waals surface area contributed by atoms with Crippen LogP contribution in [0, 0.1) is 17.5 Å². The molecule has 1 atom stereocenters. The minimum absolute atomic E-state index is 0.156. The molecule has 0 aliphatic heterocycles. The Bertz CT molecular complexity index is 631. The molecule has 0 radical (unpaired) electrons. The smallest absolute Gasteiger partial charge is 0.165 e. The molecular weight excluding hydrogens is 279 g/mol. The van der Waals surface area contributed by atoms with Crippen LogP contribution in [0.15, 0.2) is 36.4 Å². The van der Waals surface area contributed by atoms with E-state index in [1.54, 1.807) is 6.07 Å². The minimum atomic E-state index is -0.893. The molecule has 2 nitrogen and oxygen atoms in total. The van der Waals surface area contributed by atoms with E-state index in [0.29, 0.717) is 12.0 Å². The summed E-state index contributed by atoms with van der Waals surface area (Å²) in [6.07, 6.45) is 0.536. The second-order valence-corrected chi connectivity index (χ2v) is 4.85. The average Bonchev–Trinajstić information content (AvgIpc) is 2.44. The predicted molar refractivity (Wildman–Crippen MR) is 74.7 cm³/mol. The molecule has 1 unspecified atom stereocenters. The summed E-state index contributed by atoms with van der Waals surface area (Å²) in [5, 5.41) is 0. The van der Waals surface area contributed by atoms with Crippen LogP contribution >= 0.6 is 0 Å². The van der Waals surface area contributed by atoms with Crippen molar-refractivity contribution in [2.45, 2.75) is 18.9 Å². The van der Waals surface area contributed by atoms with E-state index in [0.717, 1.165) is 6.07 Å². The standard InChI is InChI=1S/C16H16F3NO/c1-21-15-6-5-10(8-14(15)18)7-12(20)9-11-3-2-4-13(17)16(11)19/h2-6,8,12H,7,9,20H2,1H3. The summed E-state index contributed by atoms with van der Waals surface area (Å²) in [5.74, 6) is -2.09. The van der Waals surface area contributed by atoms with Gasteiger partial charge in [-0.1, -0.05) is 18.2 Å². The molecular formula is C16H16F3NO. The predicted octanol–water partition coefficient (Wildman–Crippen LogP) is 3.23. The summed E-state index contributed by atoms with van der Waals surface area (Å²) in [7, 11) is 1.39. The first kappa shape index (κ1) is 15.4. The van der Waals surface area contributed by atoms with Gasteiger partial charge in [-0.25, -0.2) is 13.2 Å². The Labute approximate surface area is 121 Å². The summed E-state index contributed by atoms with van der Waals surface area (Å²) in [6.45, 7) is 0. The third kappa shape index (κ3) is 3.76. The van der Waals surface area contributed by atoms with Gasteiger partial charge in [0.2, 0.25) is 0 Å². The molecule has 0 saturated heterocycles. The van der Waals surface area contributed by atoms with Gasteiger partial charge in [0.1, 0.15) is 0 Å². The maximum absolute atomic E-state index is 13.6. The van der Waals surface area contributed by atoms with E-state index in [-0.39, 0.29) is 17.7 Å². The fraction of sp³-hybridized carbons (Fsp3) is 0.250. The van der Waals surface area contributed by atoms with Crippen molar-refractivity contribution in [3.05, 3.63) is 65.0 Å². The zero-order chi connectivity index (χ0) is 15.4. The first-order valence-electron chi connectivity index (χ1n) is 6.52. The number of halogens is 3. The number of rotatable bonds is 5. The summed E-state index contributed by atoms with van der Waals surface area (Å²) >= 11 is 0. The van der Waals surface area contributed by atoms with E-state index >= 15 is 0 Å². The Hall–Kier alpha value is -2.01. The zero-order valence-electron chi connectivity index (χ0n) is 11.6. The number of methoxy groups -OCH3 is 1. The van der Waals surface area contributed by atoms with Gasteiger partial charge in [-0.15, -0.1) is 0 Å². The van der Waals surface area contributed by atoms with Gasteiger partial charge in [0.15, 0.2) is 23.2 Å². The van der Waals surface area contributed by atoms with E-state index in [1.165, 1.54) is 31.4 Å². The Morgan fingerprint density at radius 3 is 2.48 bits per heavy atom. The van der Waals surface area contributed by atoms with Gasteiger partial charge >= 0.3 is 0 Å². The summed E-state index contributed by atoms with van der Waals surface area (Å²) < 4.78 is 45.1. The quantitative estimate of drug-likeness (QED) is 0.919. The highest BCUT2D eigenvalue weighted by molar-refractivity contribution is 5.30. The molecule has 0 fully saturated rings. The molecule has 0 aliphatic carbocycles. The number of hydrogen-bond acceptors (Lipinski definition) is 2. The highest BCUT2D eigenvalue weighted by Gasteiger charge is 2.13. The average molecular weight is 295 g/mol. The lowest BCUT2D eigenvalue weighted by molar-refractivity contribution is 0.386. The molecule has 0 aromatic heterocycles. The van der Waals surface area contributed by atoms with Crippen LogP contribution in [-0.2, 0) is 12.8 Å². The molecule has 0 saturated carbocycles. The van der Waals surface area contributed by atoms with Crippen LogP contribution in [0.1, 0.15) is 11.1 Å². The largest absolute Gasteiger partial charge is 0.494 e. The normalized spacial score (nSPS) is 12.2. The molecule has 0 aliphatic rings. The fourth-order valence-electron chi connectivity index (χ4n) is 2.20. The van der Waals surface area contributed by atoms with E-state index in [1.807, 2.05) is 0 Å². The maximum Gasteiger partial charge on any atom is 0.165 e. The molecule has 2 N–H and O–H groups in total. The number of nitrogens with two attached hydrogens (primary N) is 1. The van der Waals surface area contributed by atoms with E-state index in [2.05, 4.69) is 0 Å². The summed E-state index contributed by atoms with van der Waals surface area (Å²) in [5.41, 5.74) is 6.83. The molecule has 0 bridgehead atoms. The lowest BCUT2D eigenvalue weighted by atomic mass is 9.99. The van der Waals surface area contributed by atoms with Crippen molar-refractivity contribution in [1.82, 2.24) is 0 Å². The number of benzene rings is 2. The molecule has 2 aromatic carbocycles. The van der Waals surface area contributed by atoms with Gasteiger partial charge in [-0.05, 0) is 42.2 Å². The van der Waals surface area contributed by atoms with Crippen LogP contribution < -0.4 is 10.5 Å². The van der Waals surface area contributed by atoms with E-state index in [4.69, 9.17) is 10.5 Å². The minimum Gasteiger partial charge on any atom is -0.494 e. The molecule has 0 spiro atoms. The lowest BCUT2D eigenvalue weighted by Crippen LogP contribution is -2.26. The van der Waals surface area contributed by atoms with Crippen molar-refractivity contribution in [1.29, 1.82) is 0 Å². The van der Waals surface area contributed by atoms with Gasteiger partial charge < -0.3 is 10.5 Å². The highest BCUT2D eigenvalue weighted by atomic mass is 19.2. The molecule has 5 heteroatoms.